The van der Waals surface area contributed by atoms with Gasteiger partial charge in [0.1, 0.15) is 0 Å². The van der Waals surface area contributed by atoms with Gasteiger partial charge in [-0.1, -0.05) is 28.9 Å². The summed E-state index contributed by atoms with van der Waals surface area (Å²) in [5.41, 5.74) is 1.19. The minimum Gasteiger partial charge on any atom is -0.236 e. The third kappa shape index (κ3) is 2.95. The van der Waals surface area contributed by atoms with Crippen molar-refractivity contribution in [3.8, 4) is 0 Å². The van der Waals surface area contributed by atoms with E-state index in [-0.39, 0.29) is 11.1 Å². The molecule has 1 N–H and O–H groups in total. The Kier molecular flexibility index (Phi) is 3.73. The van der Waals surface area contributed by atoms with Crippen molar-refractivity contribution >= 4 is 21.6 Å². The molecule has 0 unspecified atom stereocenters. The van der Waals surface area contributed by atoms with Crippen molar-refractivity contribution in [2.24, 2.45) is 7.05 Å². The van der Waals surface area contributed by atoms with E-state index in [0.717, 1.165) is 12.8 Å². The van der Waals surface area contributed by atoms with E-state index >= 15 is 0 Å². The fourth-order valence-electron chi connectivity index (χ4n) is 2.52. The summed E-state index contributed by atoms with van der Waals surface area (Å²) in [7, 11) is -2.00. The lowest BCUT2D eigenvalue weighted by atomic mass is 9.76. The van der Waals surface area contributed by atoms with E-state index in [4.69, 9.17) is 11.6 Å². The molecule has 1 fully saturated rings. The van der Waals surface area contributed by atoms with Crippen LogP contribution in [0.1, 0.15) is 24.3 Å². The minimum absolute atomic E-state index is 0.0504. The first kappa shape index (κ1) is 14.5. The topological polar surface area (TPSA) is 76.9 Å². The van der Waals surface area contributed by atoms with E-state index in [9.17, 15) is 8.42 Å². The summed E-state index contributed by atoms with van der Waals surface area (Å²) in [4.78, 5) is 0. The predicted molar refractivity (Wildman–Crippen MR) is 78.5 cm³/mol. The molecule has 3 rings (SSSR count). The van der Waals surface area contributed by atoms with Crippen molar-refractivity contribution in [3.05, 3.63) is 41.0 Å². The third-order valence-electron chi connectivity index (χ3n) is 3.75. The fraction of sp³-hybridized carbons (Fsp3) is 0.385. The monoisotopic (exact) mass is 326 g/mol. The van der Waals surface area contributed by atoms with Crippen LogP contribution in [-0.4, -0.2) is 29.5 Å². The van der Waals surface area contributed by atoms with Gasteiger partial charge in [-0.15, -0.1) is 5.10 Å². The number of halogens is 1. The lowest BCUT2D eigenvalue weighted by molar-refractivity contribution is 0.325. The van der Waals surface area contributed by atoms with Gasteiger partial charge >= 0.3 is 0 Å². The van der Waals surface area contributed by atoms with E-state index in [1.807, 2.05) is 24.3 Å². The normalized spacial score (nSPS) is 22.0. The van der Waals surface area contributed by atoms with Crippen molar-refractivity contribution < 1.29 is 8.42 Å². The first-order chi connectivity index (χ1) is 9.95. The van der Waals surface area contributed by atoms with E-state index in [1.54, 1.807) is 7.05 Å². The molecular weight excluding hydrogens is 312 g/mol. The Morgan fingerprint density at radius 3 is 2.52 bits per heavy atom. The molecule has 0 amide bonds. The Bertz CT molecular complexity index is 736. The summed E-state index contributed by atoms with van der Waals surface area (Å²) in [5.74, 6) is 0.375. The number of hydrogen-bond donors (Lipinski definition) is 1. The maximum atomic E-state index is 12.2. The fourth-order valence-corrected chi connectivity index (χ4v) is 3.97. The standard InChI is InChI=1S/C13H15ClN4O2S/c1-18-13(8-15-17-18)21(19,20)16-12-6-10(7-12)9-2-4-11(14)5-3-9/h2-5,8,10,12,16H,6-7H2,1H3. The average molecular weight is 327 g/mol. The molecule has 0 bridgehead atoms. The van der Waals surface area contributed by atoms with Gasteiger partial charge in [-0.3, -0.25) is 0 Å². The Hall–Kier alpha value is -1.44. The number of nitrogens with one attached hydrogen (secondary N) is 1. The summed E-state index contributed by atoms with van der Waals surface area (Å²) in [6.45, 7) is 0. The molecule has 0 saturated heterocycles. The molecule has 1 aliphatic carbocycles. The Labute approximate surface area is 128 Å². The summed E-state index contributed by atoms with van der Waals surface area (Å²) in [6.07, 6.45) is 2.82. The molecule has 8 heteroatoms. The number of hydrogen-bond acceptors (Lipinski definition) is 4. The molecular formula is C13H15ClN4O2S. The first-order valence-corrected chi connectivity index (χ1v) is 8.44. The van der Waals surface area contributed by atoms with E-state index in [1.165, 1.54) is 16.4 Å². The Morgan fingerprint density at radius 1 is 1.29 bits per heavy atom. The molecule has 0 aliphatic heterocycles. The number of nitrogens with zero attached hydrogens (tertiary/aromatic N) is 3. The molecule has 1 aromatic heterocycles. The third-order valence-corrected chi connectivity index (χ3v) is 5.57. The first-order valence-electron chi connectivity index (χ1n) is 6.58. The number of benzene rings is 1. The van der Waals surface area contributed by atoms with E-state index in [2.05, 4.69) is 15.0 Å². The van der Waals surface area contributed by atoms with Gasteiger partial charge in [0.25, 0.3) is 10.0 Å². The smallest absolute Gasteiger partial charge is 0.236 e. The number of rotatable bonds is 4. The van der Waals surface area contributed by atoms with Crippen LogP contribution in [0.2, 0.25) is 5.02 Å². The van der Waals surface area contributed by atoms with Gasteiger partial charge in [-0.05, 0) is 36.5 Å². The molecule has 0 spiro atoms. The van der Waals surface area contributed by atoms with Gasteiger partial charge in [0.05, 0.1) is 6.20 Å². The maximum absolute atomic E-state index is 12.2. The van der Waals surface area contributed by atoms with Gasteiger partial charge in [-0.2, -0.15) is 0 Å². The van der Waals surface area contributed by atoms with Crippen molar-refractivity contribution in [3.63, 3.8) is 0 Å². The second-order valence-corrected chi connectivity index (χ2v) is 7.33. The van der Waals surface area contributed by atoms with Crippen molar-refractivity contribution in [2.75, 3.05) is 0 Å². The minimum atomic E-state index is -3.55. The molecule has 1 aliphatic rings. The summed E-state index contributed by atoms with van der Waals surface area (Å²) >= 11 is 5.86. The van der Waals surface area contributed by atoms with Crippen molar-refractivity contribution in [2.45, 2.75) is 29.8 Å². The lowest BCUT2D eigenvalue weighted by Gasteiger charge is -2.35. The number of aryl methyl sites for hydroxylation is 1. The van der Waals surface area contributed by atoms with Crippen LogP contribution in [0, 0.1) is 0 Å². The lowest BCUT2D eigenvalue weighted by Crippen LogP contribution is -2.43. The molecule has 112 valence electrons. The SMILES string of the molecule is Cn1nncc1S(=O)(=O)NC1CC(c2ccc(Cl)cc2)C1. The molecule has 0 atom stereocenters. The van der Waals surface area contributed by atoms with Crippen molar-refractivity contribution in [1.82, 2.24) is 19.7 Å². The second-order valence-electron chi connectivity index (χ2n) is 5.23. The van der Waals surface area contributed by atoms with Gasteiger partial charge in [-0.25, -0.2) is 17.8 Å². The Morgan fingerprint density at radius 2 is 1.95 bits per heavy atom. The highest BCUT2D eigenvalue weighted by molar-refractivity contribution is 7.89. The zero-order valence-electron chi connectivity index (χ0n) is 11.4. The van der Waals surface area contributed by atoms with Gasteiger partial charge < -0.3 is 0 Å². The van der Waals surface area contributed by atoms with Gasteiger partial charge in [0.15, 0.2) is 5.03 Å². The van der Waals surface area contributed by atoms with Crippen LogP contribution in [0.3, 0.4) is 0 Å². The summed E-state index contributed by atoms with van der Waals surface area (Å²) in [5, 5.41) is 8.02. The predicted octanol–water partition coefficient (Wildman–Crippen LogP) is 1.69. The van der Waals surface area contributed by atoms with E-state index < -0.39 is 10.0 Å². The highest BCUT2D eigenvalue weighted by atomic mass is 35.5. The number of aromatic nitrogens is 3. The van der Waals surface area contributed by atoms with Crippen LogP contribution in [0.25, 0.3) is 0 Å². The quantitative estimate of drug-likeness (QED) is 0.927. The highest BCUT2D eigenvalue weighted by Gasteiger charge is 2.34. The highest BCUT2D eigenvalue weighted by Crippen LogP contribution is 2.37. The van der Waals surface area contributed by atoms with Crippen LogP contribution >= 0.6 is 11.6 Å². The van der Waals surface area contributed by atoms with Gasteiger partial charge in [0.2, 0.25) is 0 Å². The Balaban J connectivity index is 1.62. The largest absolute Gasteiger partial charge is 0.259 e. The average Bonchev–Trinajstić information content (AvgIpc) is 2.82. The van der Waals surface area contributed by atoms with Crippen LogP contribution < -0.4 is 4.72 Å². The van der Waals surface area contributed by atoms with Crippen LogP contribution in [0.4, 0.5) is 0 Å². The van der Waals surface area contributed by atoms with E-state index in [0.29, 0.717) is 10.9 Å². The number of sulfonamides is 1. The zero-order chi connectivity index (χ0) is 15.0. The second kappa shape index (κ2) is 5.40. The molecule has 1 saturated carbocycles. The molecule has 21 heavy (non-hydrogen) atoms. The maximum Gasteiger partial charge on any atom is 0.259 e. The van der Waals surface area contributed by atoms with Crippen LogP contribution in [0.5, 0.6) is 0 Å². The molecule has 0 radical (unpaired) electrons. The van der Waals surface area contributed by atoms with Gasteiger partial charge in [0, 0.05) is 18.1 Å². The molecule has 1 aromatic carbocycles. The zero-order valence-corrected chi connectivity index (χ0v) is 13.0. The summed E-state index contributed by atoms with van der Waals surface area (Å²) in [6, 6.07) is 7.64. The summed E-state index contributed by atoms with van der Waals surface area (Å²) < 4.78 is 28.3. The van der Waals surface area contributed by atoms with Crippen molar-refractivity contribution in [1.29, 1.82) is 0 Å². The molecule has 1 heterocycles. The molecule has 6 nitrogen and oxygen atoms in total. The van der Waals surface area contributed by atoms with Crippen LogP contribution in [-0.2, 0) is 17.1 Å². The van der Waals surface area contributed by atoms with Crippen LogP contribution in [0.15, 0.2) is 35.5 Å². The molecule has 2 aromatic rings.